The van der Waals surface area contributed by atoms with Crippen LogP contribution in [0.4, 0.5) is 0 Å². The summed E-state index contributed by atoms with van der Waals surface area (Å²) >= 11 is 0. The van der Waals surface area contributed by atoms with Crippen molar-refractivity contribution in [2.24, 2.45) is 0 Å². The summed E-state index contributed by atoms with van der Waals surface area (Å²) in [6.45, 7) is 1.88. The van der Waals surface area contributed by atoms with Gasteiger partial charge in [0.15, 0.2) is 9.84 Å². The Bertz CT molecular complexity index is 472. The van der Waals surface area contributed by atoms with Gasteiger partial charge in [0.1, 0.15) is 0 Å². The molecule has 0 spiro atoms. The Morgan fingerprint density at radius 3 is 2.60 bits per heavy atom. The van der Waals surface area contributed by atoms with E-state index in [0.717, 1.165) is 11.1 Å². The van der Waals surface area contributed by atoms with Gasteiger partial charge in [0, 0.05) is 6.42 Å². The minimum atomic E-state index is -3.14. The first-order chi connectivity index (χ1) is 7.05. The minimum Gasteiger partial charge on any atom is -0.228 e. The first kappa shape index (κ1) is 11.7. The second kappa shape index (κ2) is 4.94. The molecule has 0 bridgehead atoms. The van der Waals surface area contributed by atoms with Crippen LogP contribution in [0.2, 0.25) is 0 Å². The number of nitriles is 1. The second-order valence-electron chi connectivity index (χ2n) is 3.43. The summed E-state index contributed by atoms with van der Waals surface area (Å²) in [5.74, 6) is -0.0286. The van der Waals surface area contributed by atoms with E-state index in [-0.39, 0.29) is 17.9 Å². The van der Waals surface area contributed by atoms with Crippen LogP contribution in [0.15, 0.2) is 24.3 Å². The molecule has 4 heteroatoms. The van der Waals surface area contributed by atoms with E-state index in [2.05, 4.69) is 0 Å². The molecule has 0 heterocycles. The van der Waals surface area contributed by atoms with Crippen LogP contribution in [0, 0.1) is 18.3 Å². The molecule has 0 aliphatic heterocycles. The topological polar surface area (TPSA) is 57.9 Å². The number of hydrogen-bond donors (Lipinski definition) is 0. The highest BCUT2D eigenvalue weighted by molar-refractivity contribution is 7.90. The van der Waals surface area contributed by atoms with Crippen molar-refractivity contribution < 1.29 is 8.42 Å². The molecular weight excluding hydrogens is 210 g/mol. The molecule has 1 aromatic rings. The van der Waals surface area contributed by atoms with Gasteiger partial charge in [-0.3, -0.25) is 0 Å². The molecule has 0 saturated carbocycles. The van der Waals surface area contributed by atoms with Crippen LogP contribution >= 0.6 is 0 Å². The van der Waals surface area contributed by atoms with Gasteiger partial charge in [-0.15, -0.1) is 0 Å². The fraction of sp³-hybridized carbons (Fsp3) is 0.364. The van der Waals surface area contributed by atoms with Gasteiger partial charge >= 0.3 is 0 Å². The van der Waals surface area contributed by atoms with Gasteiger partial charge in [0.25, 0.3) is 0 Å². The molecule has 0 radical (unpaired) electrons. The summed E-state index contributed by atoms with van der Waals surface area (Å²) in [6.07, 6.45) is 0.0637. The smallest absolute Gasteiger partial charge is 0.155 e. The van der Waals surface area contributed by atoms with Crippen LogP contribution < -0.4 is 0 Å². The van der Waals surface area contributed by atoms with E-state index in [4.69, 9.17) is 5.26 Å². The van der Waals surface area contributed by atoms with Gasteiger partial charge in [-0.2, -0.15) is 5.26 Å². The standard InChI is InChI=1S/C11H13NO2S/c1-10-5-2-3-6-11(10)9-15(13,14)8-4-7-12/h2-3,5-6H,4,8-9H2,1H3. The van der Waals surface area contributed by atoms with Crippen molar-refractivity contribution in [1.29, 1.82) is 5.26 Å². The zero-order valence-corrected chi connectivity index (χ0v) is 9.42. The van der Waals surface area contributed by atoms with Gasteiger partial charge in [0.2, 0.25) is 0 Å². The van der Waals surface area contributed by atoms with Crippen LogP contribution in [-0.2, 0) is 15.6 Å². The molecule has 0 aliphatic carbocycles. The third-order valence-corrected chi connectivity index (χ3v) is 3.74. The Morgan fingerprint density at radius 2 is 2.00 bits per heavy atom. The summed E-state index contributed by atoms with van der Waals surface area (Å²) in [6, 6.07) is 9.23. The average Bonchev–Trinajstić information content (AvgIpc) is 2.18. The molecular formula is C11H13NO2S. The number of hydrogen-bond acceptors (Lipinski definition) is 3. The molecule has 0 N–H and O–H groups in total. The average molecular weight is 223 g/mol. The van der Waals surface area contributed by atoms with Crippen LogP contribution in [-0.4, -0.2) is 14.2 Å². The Hall–Kier alpha value is -1.34. The highest BCUT2D eigenvalue weighted by atomic mass is 32.2. The highest BCUT2D eigenvalue weighted by Gasteiger charge is 2.12. The van der Waals surface area contributed by atoms with Crippen LogP contribution in [0.5, 0.6) is 0 Å². The van der Waals surface area contributed by atoms with Crippen molar-refractivity contribution in [3.8, 4) is 6.07 Å². The number of aryl methyl sites for hydroxylation is 1. The lowest BCUT2D eigenvalue weighted by atomic mass is 10.1. The maximum absolute atomic E-state index is 11.6. The molecule has 3 nitrogen and oxygen atoms in total. The largest absolute Gasteiger partial charge is 0.228 e. The van der Waals surface area contributed by atoms with E-state index >= 15 is 0 Å². The molecule has 0 aromatic heterocycles. The number of sulfone groups is 1. The number of rotatable bonds is 4. The fourth-order valence-corrected chi connectivity index (χ4v) is 2.63. The van der Waals surface area contributed by atoms with E-state index in [9.17, 15) is 8.42 Å². The number of nitrogens with zero attached hydrogens (tertiary/aromatic N) is 1. The molecule has 0 unspecified atom stereocenters. The number of benzene rings is 1. The minimum absolute atomic E-state index is 0.0291. The summed E-state index contributed by atoms with van der Waals surface area (Å²) in [7, 11) is -3.14. The van der Waals surface area contributed by atoms with Gasteiger partial charge in [0.05, 0.1) is 17.6 Å². The van der Waals surface area contributed by atoms with Crippen LogP contribution in [0.3, 0.4) is 0 Å². The highest BCUT2D eigenvalue weighted by Crippen LogP contribution is 2.12. The predicted molar refractivity (Wildman–Crippen MR) is 58.9 cm³/mol. The van der Waals surface area contributed by atoms with Gasteiger partial charge in [-0.05, 0) is 18.1 Å². The van der Waals surface area contributed by atoms with Crippen molar-refractivity contribution in [2.45, 2.75) is 19.1 Å². The quantitative estimate of drug-likeness (QED) is 0.782. The molecule has 0 aliphatic rings. The van der Waals surface area contributed by atoms with E-state index in [1.54, 1.807) is 6.07 Å². The molecule has 1 rings (SSSR count). The van der Waals surface area contributed by atoms with Crippen molar-refractivity contribution >= 4 is 9.84 Å². The Balaban J connectivity index is 2.79. The molecule has 0 atom stereocenters. The third-order valence-electron chi connectivity index (χ3n) is 2.16. The first-order valence-corrected chi connectivity index (χ1v) is 6.49. The third kappa shape index (κ3) is 3.72. The molecule has 1 aromatic carbocycles. The molecule has 0 fully saturated rings. The summed E-state index contributed by atoms with van der Waals surface area (Å²) in [5.41, 5.74) is 1.79. The Labute approximate surface area is 90.3 Å². The lowest BCUT2D eigenvalue weighted by Gasteiger charge is -2.05. The first-order valence-electron chi connectivity index (χ1n) is 4.67. The van der Waals surface area contributed by atoms with E-state index < -0.39 is 9.84 Å². The van der Waals surface area contributed by atoms with Crippen molar-refractivity contribution in [3.63, 3.8) is 0 Å². The normalized spacial score (nSPS) is 10.9. The molecule has 15 heavy (non-hydrogen) atoms. The molecule has 0 amide bonds. The lowest BCUT2D eigenvalue weighted by molar-refractivity contribution is 0.595. The van der Waals surface area contributed by atoms with Crippen molar-refractivity contribution in [1.82, 2.24) is 0 Å². The van der Waals surface area contributed by atoms with Gasteiger partial charge < -0.3 is 0 Å². The van der Waals surface area contributed by atoms with Crippen molar-refractivity contribution in [2.75, 3.05) is 5.75 Å². The van der Waals surface area contributed by atoms with Crippen LogP contribution in [0.25, 0.3) is 0 Å². The lowest BCUT2D eigenvalue weighted by Crippen LogP contribution is -2.09. The van der Waals surface area contributed by atoms with E-state index in [1.165, 1.54) is 0 Å². The second-order valence-corrected chi connectivity index (χ2v) is 5.61. The van der Waals surface area contributed by atoms with Crippen LogP contribution in [0.1, 0.15) is 17.5 Å². The SMILES string of the molecule is Cc1ccccc1CS(=O)(=O)CCC#N. The molecule has 0 saturated heterocycles. The Morgan fingerprint density at radius 1 is 1.33 bits per heavy atom. The zero-order chi connectivity index (χ0) is 11.3. The fourth-order valence-electron chi connectivity index (χ4n) is 1.28. The summed E-state index contributed by atoms with van der Waals surface area (Å²) in [5, 5.41) is 8.34. The maximum Gasteiger partial charge on any atom is 0.155 e. The van der Waals surface area contributed by atoms with E-state index in [0.29, 0.717) is 0 Å². The predicted octanol–water partition coefficient (Wildman–Crippen LogP) is 1.82. The monoisotopic (exact) mass is 223 g/mol. The Kier molecular flexibility index (Phi) is 3.87. The van der Waals surface area contributed by atoms with Gasteiger partial charge in [-0.25, -0.2) is 8.42 Å². The van der Waals surface area contributed by atoms with Gasteiger partial charge in [-0.1, -0.05) is 24.3 Å². The summed E-state index contributed by atoms with van der Waals surface area (Å²) < 4.78 is 23.1. The molecule has 80 valence electrons. The van der Waals surface area contributed by atoms with Crippen molar-refractivity contribution in [3.05, 3.63) is 35.4 Å². The zero-order valence-electron chi connectivity index (χ0n) is 8.60. The van der Waals surface area contributed by atoms with E-state index in [1.807, 2.05) is 31.2 Å². The maximum atomic E-state index is 11.6. The summed E-state index contributed by atoms with van der Waals surface area (Å²) in [4.78, 5) is 0.